The molecule has 0 spiro atoms. The summed E-state index contributed by atoms with van der Waals surface area (Å²) < 4.78 is 5.98. The van der Waals surface area contributed by atoms with E-state index in [1.807, 2.05) is 53.3 Å². The van der Waals surface area contributed by atoms with Crippen molar-refractivity contribution in [3.05, 3.63) is 220 Å². The van der Waals surface area contributed by atoms with Crippen LogP contribution in [0.25, 0.3) is 33.5 Å². The highest BCUT2D eigenvalue weighted by Gasteiger charge is 2.42. The minimum Gasteiger partial charge on any atom is -0.316 e. The molecule has 0 aliphatic heterocycles. The van der Waals surface area contributed by atoms with Gasteiger partial charge in [-0.05, 0) is 86.0 Å². The Balaban J connectivity index is 1.08. The van der Waals surface area contributed by atoms with Gasteiger partial charge < -0.3 is 9.13 Å². The standard InChI is InChI=1S/C49H40N8O/c1-2-45-51-43-28-31-55(33-34-26-29-50-30-27-34)48(58)46(43)56(45)44-25-23-36-32-35(22-24-41(36)44)40-20-12-13-21-42(40)47-52-53-54-57(47)49(37-14-6-3-7-15-37,38-16-8-4-9-17-38)39-18-10-5-11-19-39/h3-22,24,26-32,44H,2,23,25,33H2,1H3/t44-/m0/s1. The van der Waals surface area contributed by atoms with E-state index in [0.717, 1.165) is 69.5 Å². The molecule has 5 aromatic carbocycles. The molecule has 1 aliphatic carbocycles. The largest absolute Gasteiger partial charge is 0.316 e. The van der Waals surface area contributed by atoms with E-state index in [1.54, 1.807) is 17.0 Å². The lowest BCUT2D eigenvalue weighted by atomic mass is 9.77. The van der Waals surface area contributed by atoms with E-state index in [0.29, 0.717) is 17.9 Å². The van der Waals surface area contributed by atoms with E-state index in [-0.39, 0.29) is 11.6 Å². The number of nitrogens with zero attached hydrogens (tertiary/aromatic N) is 8. The number of pyridine rings is 2. The van der Waals surface area contributed by atoms with E-state index in [9.17, 15) is 4.79 Å². The molecule has 0 amide bonds. The van der Waals surface area contributed by atoms with Crippen LogP contribution in [0.2, 0.25) is 0 Å². The average Bonchev–Trinajstić information content (AvgIpc) is 4.04. The van der Waals surface area contributed by atoms with Gasteiger partial charge in [0.05, 0.1) is 18.1 Å². The zero-order valence-corrected chi connectivity index (χ0v) is 32.1. The monoisotopic (exact) mass is 756 g/mol. The normalized spacial score (nSPS) is 13.8. The molecule has 0 N–H and O–H groups in total. The van der Waals surface area contributed by atoms with E-state index >= 15 is 0 Å². The van der Waals surface area contributed by atoms with Crippen molar-refractivity contribution < 1.29 is 0 Å². The van der Waals surface area contributed by atoms with Gasteiger partial charge in [0.2, 0.25) is 0 Å². The summed E-state index contributed by atoms with van der Waals surface area (Å²) >= 11 is 0. The molecule has 9 heteroatoms. The topological polar surface area (TPSA) is 96.3 Å². The first-order valence-electron chi connectivity index (χ1n) is 19.8. The predicted octanol–water partition coefficient (Wildman–Crippen LogP) is 8.90. The fourth-order valence-corrected chi connectivity index (χ4v) is 9.03. The van der Waals surface area contributed by atoms with Crippen LogP contribution in [0.15, 0.2) is 175 Å². The smallest absolute Gasteiger partial charge is 0.277 e. The summed E-state index contributed by atoms with van der Waals surface area (Å²) in [4.78, 5) is 23.3. The number of hydrogen-bond acceptors (Lipinski definition) is 6. The van der Waals surface area contributed by atoms with Crippen LogP contribution in [-0.4, -0.2) is 39.3 Å². The number of aromatic nitrogens is 8. The van der Waals surface area contributed by atoms with Crippen molar-refractivity contribution in [2.75, 3.05) is 0 Å². The quantitative estimate of drug-likeness (QED) is 0.129. The van der Waals surface area contributed by atoms with Gasteiger partial charge in [0.1, 0.15) is 16.9 Å². The molecule has 0 saturated carbocycles. The van der Waals surface area contributed by atoms with Crippen LogP contribution in [0, 0.1) is 0 Å². The molecule has 0 fully saturated rings. The molecule has 1 aliphatic rings. The van der Waals surface area contributed by atoms with Gasteiger partial charge >= 0.3 is 0 Å². The molecular weight excluding hydrogens is 717 g/mol. The second kappa shape index (κ2) is 14.7. The third-order valence-corrected chi connectivity index (χ3v) is 11.6. The molecule has 4 heterocycles. The first-order chi connectivity index (χ1) is 28.6. The van der Waals surface area contributed by atoms with Gasteiger partial charge in [-0.3, -0.25) is 9.78 Å². The Morgan fingerprint density at radius 3 is 2.02 bits per heavy atom. The van der Waals surface area contributed by atoms with Crippen LogP contribution < -0.4 is 5.56 Å². The molecular formula is C49H40N8O. The molecule has 9 aromatic rings. The highest BCUT2D eigenvalue weighted by molar-refractivity contribution is 5.82. The Kier molecular flexibility index (Phi) is 8.90. The van der Waals surface area contributed by atoms with Crippen LogP contribution in [0.5, 0.6) is 0 Å². The van der Waals surface area contributed by atoms with Gasteiger partial charge in [0.25, 0.3) is 5.56 Å². The van der Waals surface area contributed by atoms with Crippen LogP contribution in [0.4, 0.5) is 0 Å². The van der Waals surface area contributed by atoms with Crippen molar-refractivity contribution >= 4 is 11.0 Å². The molecule has 58 heavy (non-hydrogen) atoms. The summed E-state index contributed by atoms with van der Waals surface area (Å²) in [6.45, 7) is 2.58. The number of aryl methyl sites for hydroxylation is 2. The maximum absolute atomic E-state index is 14.2. The van der Waals surface area contributed by atoms with Gasteiger partial charge in [0.15, 0.2) is 5.82 Å². The Bertz CT molecular complexity index is 2840. The third-order valence-electron chi connectivity index (χ3n) is 11.6. The van der Waals surface area contributed by atoms with Crippen molar-refractivity contribution in [2.24, 2.45) is 0 Å². The molecule has 0 unspecified atom stereocenters. The van der Waals surface area contributed by atoms with Gasteiger partial charge in [-0.2, -0.15) is 0 Å². The van der Waals surface area contributed by atoms with Gasteiger partial charge in [-0.25, -0.2) is 9.67 Å². The zero-order valence-electron chi connectivity index (χ0n) is 32.1. The van der Waals surface area contributed by atoms with E-state index in [4.69, 9.17) is 15.3 Å². The number of fused-ring (bicyclic) bond motifs is 2. The van der Waals surface area contributed by atoms with Crippen molar-refractivity contribution in [1.82, 2.24) is 39.3 Å². The fourth-order valence-electron chi connectivity index (χ4n) is 9.03. The Hall–Kier alpha value is -7.26. The van der Waals surface area contributed by atoms with Crippen LogP contribution in [0.1, 0.15) is 58.6 Å². The summed E-state index contributed by atoms with van der Waals surface area (Å²) in [7, 11) is 0. The van der Waals surface area contributed by atoms with Crippen molar-refractivity contribution in [3.8, 4) is 22.5 Å². The number of hydrogen-bond donors (Lipinski definition) is 0. The molecule has 1 atom stereocenters. The molecule has 0 radical (unpaired) electrons. The number of imidazole rings is 1. The van der Waals surface area contributed by atoms with E-state index in [2.05, 4.69) is 131 Å². The lowest BCUT2D eigenvalue weighted by Crippen LogP contribution is -2.39. The first-order valence-corrected chi connectivity index (χ1v) is 19.8. The lowest BCUT2D eigenvalue weighted by Gasteiger charge is -2.36. The first kappa shape index (κ1) is 35.2. The Labute approximate surface area is 335 Å². The molecule has 9 nitrogen and oxygen atoms in total. The second-order valence-electron chi connectivity index (χ2n) is 14.8. The SMILES string of the molecule is CCc1nc2ccn(Cc3ccncc3)c(=O)c2n1[C@H]1CCc2cc(-c3ccccc3-c3nnnn3C(c3ccccc3)(c3ccccc3)c3ccccc3)ccc21. The fraction of sp³-hybridized carbons (Fsp3) is 0.143. The van der Waals surface area contributed by atoms with Crippen molar-refractivity contribution in [3.63, 3.8) is 0 Å². The minimum atomic E-state index is -0.873. The zero-order chi connectivity index (χ0) is 39.1. The average molecular weight is 757 g/mol. The predicted molar refractivity (Wildman–Crippen MR) is 226 cm³/mol. The van der Waals surface area contributed by atoms with Crippen molar-refractivity contribution in [2.45, 2.75) is 44.3 Å². The van der Waals surface area contributed by atoms with Gasteiger partial charge in [0, 0.05) is 30.6 Å². The molecule has 0 bridgehead atoms. The van der Waals surface area contributed by atoms with Gasteiger partial charge in [-0.15, -0.1) is 5.10 Å². The van der Waals surface area contributed by atoms with Crippen molar-refractivity contribution in [1.29, 1.82) is 0 Å². The maximum atomic E-state index is 14.2. The highest BCUT2D eigenvalue weighted by atomic mass is 16.1. The number of benzene rings is 5. The van der Waals surface area contributed by atoms with Crippen LogP contribution in [-0.2, 0) is 24.9 Å². The molecule has 4 aromatic heterocycles. The molecule has 282 valence electrons. The van der Waals surface area contributed by atoms with Crippen LogP contribution >= 0.6 is 0 Å². The minimum absolute atomic E-state index is 0.000693. The van der Waals surface area contributed by atoms with Crippen LogP contribution in [0.3, 0.4) is 0 Å². The molecule has 10 rings (SSSR count). The molecule has 0 saturated heterocycles. The maximum Gasteiger partial charge on any atom is 0.277 e. The Morgan fingerprint density at radius 2 is 1.36 bits per heavy atom. The summed E-state index contributed by atoms with van der Waals surface area (Å²) in [5.41, 5.74) is 10.2. The van der Waals surface area contributed by atoms with E-state index in [1.165, 1.54) is 11.1 Å². The summed E-state index contributed by atoms with van der Waals surface area (Å²) in [5.74, 6) is 1.58. The lowest BCUT2D eigenvalue weighted by molar-refractivity contribution is 0.451. The third kappa shape index (κ3) is 5.77. The Morgan fingerprint density at radius 1 is 0.724 bits per heavy atom. The van der Waals surface area contributed by atoms with Gasteiger partial charge in [-0.1, -0.05) is 140 Å². The second-order valence-corrected chi connectivity index (χ2v) is 14.8. The van der Waals surface area contributed by atoms with E-state index < -0.39 is 5.54 Å². The number of tetrazole rings is 1. The summed E-state index contributed by atoms with van der Waals surface area (Å²) in [6.07, 6.45) is 7.86. The highest BCUT2D eigenvalue weighted by Crippen LogP contribution is 2.44. The summed E-state index contributed by atoms with van der Waals surface area (Å²) in [5, 5.41) is 14.0. The number of rotatable bonds is 10. The summed E-state index contributed by atoms with van der Waals surface area (Å²) in [6, 6.07) is 52.4.